The van der Waals surface area contributed by atoms with Crippen molar-refractivity contribution in [1.29, 1.82) is 5.26 Å². The minimum absolute atomic E-state index is 0.0758. The second-order valence-corrected chi connectivity index (χ2v) is 5.25. The molecule has 0 amide bonds. The van der Waals surface area contributed by atoms with E-state index in [0.29, 0.717) is 5.92 Å². The Bertz CT molecular complexity index is 248. The van der Waals surface area contributed by atoms with E-state index in [1.807, 2.05) is 0 Å². The van der Waals surface area contributed by atoms with Crippen LogP contribution in [0.25, 0.3) is 0 Å². The van der Waals surface area contributed by atoms with Gasteiger partial charge in [0.25, 0.3) is 0 Å². The van der Waals surface area contributed by atoms with E-state index in [0.717, 1.165) is 11.8 Å². The molecule has 2 rings (SSSR count). The Morgan fingerprint density at radius 3 is 2.43 bits per heavy atom. The lowest BCUT2D eigenvalue weighted by molar-refractivity contribution is 0.133. The van der Waals surface area contributed by atoms with Gasteiger partial charge in [-0.3, -0.25) is 0 Å². The molecule has 0 aromatic heterocycles. The number of rotatable bonds is 3. The molecule has 3 atom stereocenters. The van der Waals surface area contributed by atoms with E-state index in [1.165, 1.54) is 38.5 Å². The molecule has 2 bridgehead atoms. The molecule has 0 aliphatic heterocycles. The first kappa shape index (κ1) is 10.0. The summed E-state index contributed by atoms with van der Waals surface area (Å²) < 4.78 is 0. The third-order valence-electron chi connectivity index (χ3n) is 4.82. The van der Waals surface area contributed by atoms with E-state index in [4.69, 9.17) is 0 Å². The summed E-state index contributed by atoms with van der Waals surface area (Å²) in [6.45, 7) is 4.50. The first-order valence-electron chi connectivity index (χ1n) is 6.18. The molecule has 0 radical (unpaired) electrons. The topological polar surface area (TPSA) is 23.8 Å². The van der Waals surface area contributed by atoms with Crippen LogP contribution < -0.4 is 0 Å². The molecule has 0 aromatic rings. The van der Waals surface area contributed by atoms with Crippen molar-refractivity contribution in [3.05, 3.63) is 0 Å². The lowest BCUT2D eigenvalue weighted by atomic mass is 9.64. The van der Waals surface area contributed by atoms with Crippen molar-refractivity contribution in [2.45, 2.75) is 52.4 Å². The number of hydrogen-bond donors (Lipinski definition) is 0. The van der Waals surface area contributed by atoms with Crippen molar-refractivity contribution in [3.8, 4) is 6.07 Å². The molecule has 78 valence electrons. The molecule has 0 N–H and O–H groups in total. The quantitative estimate of drug-likeness (QED) is 0.666. The van der Waals surface area contributed by atoms with Gasteiger partial charge in [-0.2, -0.15) is 5.26 Å². The predicted octanol–water partition coefficient (Wildman–Crippen LogP) is 3.75. The van der Waals surface area contributed by atoms with Crippen LogP contribution in [0.2, 0.25) is 0 Å². The van der Waals surface area contributed by atoms with Gasteiger partial charge in [-0.05, 0) is 37.0 Å². The summed E-state index contributed by atoms with van der Waals surface area (Å²) in [6, 6.07) is 2.71. The van der Waals surface area contributed by atoms with Gasteiger partial charge >= 0.3 is 0 Å². The van der Waals surface area contributed by atoms with Gasteiger partial charge < -0.3 is 0 Å². The van der Waals surface area contributed by atoms with Crippen LogP contribution in [0.5, 0.6) is 0 Å². The SMILES string of the molecule is CCC(CC)C1(C#N)CC2CCC1C2. The zero-order valence-electron chi connectivity index (χ0n) is 9.42. The highest BCUT2D eigenvalue weighted by molar-refractivity contribution is 5.13. The molecule has 2 fully saturated rings. The van der Waals surface area contributed by atoms with Crippen LogP contribution >= 0.6 is 0 Å². The fourth-order valence-corrected chi connectivity index (χ4v) is 4.12. The average Bonchev–Trinajstić information content (AvgIpc) is 2.79. The maximum absolute atomic E-state index is 9.52. The largest absolute Gasteiger partial charge is 0.198 e. The molecular formula is C13H21N. The summed E-state index contributed by atoms with van der Waals surface area (Å²) in [5.74, 6) is 2.28. The van der Waals surface area contributed by atoms with Crippen LogP contribution in [0.1, 0.15) is 52.4 Å². The van der Waals surface area contributed by atoms with Crippen molar-refractivity contribution < 1.29 is 0 Å². The second-order valence-electron chi connectivity index (χ2n) is 5.25. The van der Waals surface area contributed by atoms with Gasteiger partial charge in [-0.25, -0.2) is 0 Å². The highest BCUT2D eigenvalue weighted by atomic mass is 14.6. The Morgan fingerprint density at radius 2 is 2.07 bits per heavy atom. The number of nitriles is 1. The van der Waals surface area contributed by atoms with Crippen LogP contribution in [-0.4, -0.2) is 0 Å². The van der Waals surface area contributed by atoms with E-state index in [2.05, 4.69) is 19.9 Å². The van der Waals surface area contributed by atoms with Gasteiger partial charge in [0.2, 0.25) is 0 Å². The van der Waals surface area contributed by atoms with Gasteiger partial charge in [0, 0.05) is 0 Å². The highest BCUT2D eigenvalue weighted by Crippen LogP contribution is 2.60. The van der Waals surface area contributed by atoms with Crippen LogP contribution in [0.3, 0.4) is 0 Å². The second kappa shape index (κ2) is 3.57. The Balaban J connectivity index is 2.23. The zero-order valence-corrected chi connectivity index (χ0v) is 9.42. The van der Waals surface area contributed by atoms with Crippen molar-refractivity contribution in [2.75, 3.05) is 0 Å². The van der Waals surface area contributed by atoms with Crippen molar-refractivity contribution in [3.63, 3.8) is 0 Å². The minimum atomic E-state index is 0.0758. The summed E-state index contributed by atoms with van der Waals surface area (Å²) in [6.07, 6.45) is 7.66. The van der Waals surface area contributed by atoms with E-state index < -0.39 is 0 Å². The smallest absolute Gasteiger partial charge is 0.0695 e. The average molecular weight is 191 g/mol. The third kappa shape index (κ3) is 1.20. The molecule has 0 heterocycles. The number of hydrogen-bond acceptors (Lipinski definition) is 1. The van der Waals surface area contributed by atoms with Gasteiger partial charge in [0.15, 0.2) is 0 Å². The maximum Gasteiger partial charge on any atom is 0.0695 e. The third-order valence-corrected chi connectivity index (χ3v) is 4.82. The Morgan fingerprint density at radius 1 is 1.36 bits per heavy atom. The van der Waals surface area contributed by atoms with Crippen molar-refractivity contribution >= 4 is 0 Å². The molecule has 0 spiro atoms. The van der Waals surface area contributed by atoms with E-state index >= 15 is 0 Å². The highest BCUT2D eigenvalue weighted by Gasteiger charge is 2.54. The monoisotopic (exact) mass is 191 g/mol. The number of nitrogens with zero attached hydrogens (tertiary/aromatic N) is 1. The normalized spacial score (nSPS) is 40.4. The molecule has 14 heavy (non-hydrogen) atoms. The molecule has 1 heteroatoms. The fraction of sp³-hybridized carbons (Fsp3) is 0.923. The molecule has 0 saturated heterocycles. The minimum Gasteiger partial charge on any atom is -0.198 e. The standard InChI is InChI=1S/C13H21N/c1-3-11(4-2)13(9-14)8-10-5-6-12(13)7-10/h10-12H,3-8H2,1-2H3. The molecular weight excluding hydrogens is 170 g/mol. The van der Waals surface area contributed by atoms with Gasteiger partial charge in [0.05, 0.1) is 11.5 Å². The molecule has 0 aromatic carbocycles. The molecule has 2 aliphatic carbocycles. The number of fused-ring (bicyclic) bond motifs is 2. The molecule has 1 nitrogen and oxygen atoms in total. The van der Waals surface area contributed by atoms with Crippen LogP contribution in [-0.2, 0) is 0 Å². The van der Waals surface area contributed by atoms with Gasteiger partial charge in [-0.1, -0.05) is 33.1 Å². The van der Waals surface area contributed by atoms with Crippen LogP contribution in [0.4, 0.5) is 0 Å². The summed E-state index contributed by atoms with van der Waals surface area (Å²) in [4.78, 5) is 0. The Labute approximate surface area is 87.5 Å². The first-order chi connectivity index (χ1) is 6.76. The molecule has 2 aliphatic rings. The lowest BCUT2D eigenvalue weighted by Gasteiger charge is -2.37. The first-order valence-corrected chi connectivity index (χ1v) is 6.18. The van der Waals surface area contributed by atoms with Gasteiger partial charge in [0.1, 0.15) is 0 Å². The van der Waals surface area contributed by atoms with E-state index in [9.17, 15) is 5.26 Å². The van der Waals surface area contributed by atoms with Crippen molar-refractivity contribution in [1.82, 2.24) is 0 Å². The fourth-order valence-electron chi connectivity index (χ4n) is 4.12. The summed E-state index contributed by atoms with van der Waals surface area (Å²) in [7, 11) is 0. The Kier molecular flexibility index (Phi) is 2.56. The molecule has 3 unspecified atom stereocenters. The van der Waals surface area contributed by atoms with Crippen LogP contribution in [0.15, 0.2) is 0 Å². The Hall–Kier alpha value is -0.510. The van der Waals surface area contributed by atoms with Gasteiger partial charge in [-0.15, -0.1) is 0 Å². The summed E-state index contributed by atoms with van der Waals surface area (Å²) in [5, 5.41) is 9.52. The summed E-state index contributed by atoms with van der Waals surface area (Å²) in [5.41, 5.74) is 0.0758. The zero-order chi connectivity index (χ0) is 10.2. The van der Waals surface area contributed by atoms with Crippen LogP contribution in [0, 0.1) is 34.5 Å². The van der Waals surface area contributed by atoms with Crippen molar-refractivity contribution in [2.24, 2.45) is 23.2 Å². The summed E-state index contributed by atoms with van der Waals surface area (Å²) >= 11 is 0. The maximum atomic E-state index is 9.52. The van der Waals surface area contributed by atoms with E-state index in [1.54, 1.807) is 0 Å². The predicted molar refractivity (Wildman–Crippen MR) is 57.6 cm³/mol. The van der Waals surface area contributed by atoms with E-state index in [-0.39, 0.29) is 5.41 Å². The lowest BCUT2D eigenvalue weighted by Crippen LogP contribution is -2.34. The molecule has 2 saturated carbocycles.